The molecule has 6 rings (SSSR count). The van der Waals surface area contributed by atoms with Gasteiger partial charge in [0.05, 0.1) is 0 Å². The monoisotopic (exact) mass is 516 g/mol. The molecule has 5 aromatic carbocycles. The molecule has 4 nitrogen and oxygen atoms in total. The highest BCUT2D eigenvalue weighted by atomic mass is 28.3. The van der Waals surface area contributed by atoms with Gasteiger partial charge >= 0.3 is 0 Å². The van der Waals surface area contributed by atoms with Gasteiger partial charge in [-0.3, -0.25) is 0 Å². The van der Waals surface area contributed by atoms with Crippen molar-refractivity contribution in [2.24, 2.45) is 0 Å². The van der Waals surface area contributed by atoms with E-state index in [9.17, 15) is 5.26 Å². The molecule has 0 amide bonds. The highest BCUT2D eigenvalue weighted by Gasteiger charge is 2.41. The molecule has 0 unspecified atom stereocenters. The van der Waals surface area contributed by atoms with E-state index in [-0.39, 0.29) is 5.82 Å². The molecule has 1 aromatic heterocycles. The third-order valence-electron chi connectivity index (χ3n) is 6.94. The molecule has 0 aliphatic rings. The van der Waals surface area contributed by atoms with E-state index in [1.54, 1.807) is 0 Å². The van der Waals surface area contributed by atoms with Crippen molar-refractivity contribution < 1.29 is 0 Å². The molecule has 0 aliphatic carbocycles. The molecule has 39 heavy (non-hydrogen) atoms. The Kier molecular flexibility index (Phi) is 6.61. The van der Waals surface area contributed by atoms with Crippen LogP contribution in [0.3, 0.4) is 0 Å². The summed E-state index contributed by atoms with van der Waals surface area (Å²) in [6, 6.07) is 52.6. The summed E-state index contributed by atoms with van der Waals surface area (Å²) in [5.74, 6) is 1.07. The maximum absolute atomic E-state index is 9.71. The van der Waals surface area contributed by atoms with Crippen LogP contribution in [0.25, 0.3) is 22.8 Å². The molecule has 0 bridgehead atoms. The Bertz CT molecular complexity index is 1650. The smallest absolute Gasteiger partial charge is 0.208 e. The standard InChI is InChI=1S/C34H24N4Si/c35-25-32-36-33(26-14-5-1-6-15-26)38-34(37-32)27-16-13-23-31(24-27)39(28-17-7-2-8-18-28,29-19-9-3-10-20-29)30-21-11-4-12-22-30/h1-24H. The van der Waals surface area contributed by atoms with Crippen LogP contribution in [0.4, 0.5) is 0 Å². The molecule has 0 N–H and O–H groups in total. The molecule has 6 aromatic rings. The minimum absolute atomic E-state index is 0.0990. The largest absolute Gasteiger partial charge is 0.236 e. The van der Waals surface area contributed by atoms with Crippen LogP contribution in [0.1, 0.15) is 5.82 Å². The number of hydrogen-bond donors (Lipinski definition) is 0. The van der Waals surface area contributed by atoms with Crippen molar-refractivity contribution in [1.82, 2.24) is 15.0 Å². The lowest BCUT2D eigenvalue weighted by Gasteiger charge is -2.34. The van der Waals surface area contributed by atoms with Crippen LogP contribution in [0.15, 0.2) is 146 Å². The second kappa shape index (κ2) is 10.7. The quantitative estimate of drug-likeness (QED) is 0.242. The Morgan fingerprint density at radius 2 is 0.846 bits per heavy atom. The van der Waals surface area contributed by atoms with Gasteiger partial charge in [-0.2, -0.15) is 15.2 Å². The lowest BCUT2D eigenvalue weighted by Crippen LogP contribution is -2.74. The van der Waals surface area contributed by atoms with E-state index in [1.165, 1.54) is 20.7 Å². The molecule has 0 saturated heterocycles. The summed E-state index contributed by atoms with van der Waals surface area (Å²) in [4.78, 5) is 13.7. The van der Waals surface area contributed by atoms with E-state index in [1.807, 2.05) is 36.4 Å². The minimum atomic E-state index is -2.70. The molecule has 5 heteroatoms. The molecule has 0 atom stereocenters. The normalized spacial score (nSPS) is 11.1. The number of aromatic nitrogens is 3. The summed E-state index contributed by atoms with van der Waals surface area (Å²) in [6.07, 6.45) is 0. The van der Waals surface area contributed by atoms with Gasteiger partial charge in [-0.15, -0.1) is 0 Å². The third-order valence-corrected chi connectivity index (χ3v) is 11.7. The first-order chi connectivity index (χ1) is 19.3. The van der Waals surface area contributed by atoms with Gasteiger partial charge in [0.2, 0.25) is 5.82 Å². The van der Waals surface area contributed by atoms with Crippen LogP contribution in [0, 0.1) is 11.3 Å². The fraction of sp³-hybridized carbons (Fsp3) is 0. The van der Waals surface area contributed by atoms with E-state index in [4.69, 9.17) is 4.98 Å². The Balaban J connectivity index is 1.62. The zero-order chi connectivity index (χ0) is 26.5. The predicted molar refractivity (Wildman–Crippen MR) is 159 cm³/mol. The first kappa shape index (κ1) is 24.2. The average Bonchev–Trinajstić information content (AvgIpc) is 3.03. The summed E-state index contributed by atoms with van der Waals surface area (Å²) < 4.78 is 0. The number of benzene rings is 5. The van der Waals surface area contributed by atoms with Crippen LogP contribution in [-0.4, -0.2) is 23.0 Å². The van der Waals surface area contributed by atoms with Gasteiger partial charge in [-0.05, 0) is 20.7 Å². The van der Waals surface area contributed by atoms with Crippen molar-refractivity contribution in [1.29, 1.82) is 5.26 Å². The Hall–Kier alpha value is -5.18. The molecule has 0 saturated carbocycles. The average molecular weight is 517 g/mol. The van der Waals surface area contributed by atoms with Gasteiger partial charge < -0.3 is 0 Å². The van der Waals surface area contributed by atoms with Gasteiger partial charge in [0.1, 0.15) is 6.07 Å². The first-order valence-electron chi connectivity index (χ1n) is 12.8. The highest BCUT2D eigenvalue weighted by Crippen LogP contribution is 2.21. The number of nitrogens with zero attached hydrogens (tertiary/aromatic N) is 4. The summed E-state index contributed by atoms with van der Waals surface area (Å²) in [5, 5.41) is 14.8. The highest BCUT2D eigenvalue weighted by molar-refractivity contribution is 7.19. The summed E-state index contributed by atoms with van der Waals surface area (Å²) in [6.45, 7) is 0. The van der Waals surface area contributed by atoms with Crippen LogP contribution in [-0.2, 0) is 0 Å². The van der Waals surface area contributed by atoms with Gasteiger partial charge in [-0.25, -0.2) is 4.98 Å². The molecular weight excluding hydrogens is 492 g/mol. The van der Waals surface area contributed by atoms with Crippen molar-refractivity contribution >= 4 is 28.8 Å². The zero-order valence-corrected chi connectivity index (χ0v) is 22.1. The predicted octanol–water partition coefficient (Wildman–Crippen LogP) is 4.45. The van der Waals surface area contributed by atoms with Crippen molar-refractivity contribution in [3.8, 4) is 28.8 Å². The molecule has 184 valence electrons. The van der Waals surface area contributed by atoms with Crippen LogP contribution < -0.4 is 20.7 Å². The Morgan fingerprint density at radius 1 is 0.436 bits per heavy atom. The number of hydrogen-bond acceptors (Lipinski definition) is 4. The molecule has 0 aliphatic heterocycles. The van der Waals surface area contributed by atoms with Crippen molar-refractivity contribution in [2.75, 3.05) is 0 Å². The van der Waals surface area contributed by atoms with Crippen LogP contribution in [0.5, 0.6) is 0 Å². The third kappa shape index (κ3) is 4.54. The zero-order valence-electron chi connectivity index (χ0n) is 21.1. The lowest BCUT2D eigenvalue weighted by atomic mass is 10.2. The van der Waals surface area contributed by atoms with E-state index in [2.05, 4.69) is 125 Å². The van der Waals surface area contributed by atoms with Gasteiger partial charge in [-0.1, -0.05) is 146 Å². The molecular formula is C34H24N4Si. The van der Waals surface area contributed by atoms with E-state index in [0.717, 1.165) is 11.1 Å². The molecule has 0 radical (unpaired) electrons. The minimum Gasteiger partial charge on any atom is -0.208 e. The molecule has 0 fully saturated rings. The second-order valence-corrected chi connectivity index (χ2v) is 13.0. The van der Waals surface area contributed by atoms with E-state index in [0.29, 0.717) is 11.6 Å². The van der Waals surface area contributed by atoms with Crippen molar-refractivity contribution in [3.63, 3.8) is 0 Å². The summed E-state index contributed by atoms with van der Waals surface area (Å²) >= 11 is 0. The fourth-order valence-electron chi connectivity index (χ4n) is 5.23. The SMILES string of the molecule is N#Cc1nc(-c2ccccc2)nc(-c2cccc([Si](c3ccccc3)(c3ccccc3)c3ccccc3)c2)n1. The molecule has 0 spiro atoms. The summed E-state index contributed by atoms with van der Waals surface area (Å²) in [7, 11) is -2.70. The summed E-state index contributed by atoms with van der Waals surface area (Å²) in [5.41, 5.74) is 1.69. The number of nitriles is 1. The van der Waals surface area contributed by atoms with Gasteiger partial charge in [0.25, 0.3) is 0 Å². The second-order valence-electron chi connectivity index (χ2n) is 9.21. The topological polar surface area (TPSA) is 62.5 Å². The first-order valence-corrected chi connectivity index (χ1v) is 14.8. The fourth-order valence-corrected chi connectivity index (χ4v) is 10.0. The van der Waals surface area contributed by atoms with E-state index < -0.39 is 8.07 Å². The maximum atomic E-state index is 9.71. The van der Waals surface area contributed by atoms with Crippen LogP contribution in [0.2, 0.25) is 0 Å². The number of rotatable bonds is 6. The molecule has 1 heterocycles. The van der Waals surface area contributed by atoms with Crippen molar-refractivity contribution in [2.45, 2.75) is 0 Å². The van der Waals surface area contributed by atoms with Crippen LogP contribution >= 0.6 is 0 Å². The van der Waals surface area contributed by atoms with Gasteiger partial charge in [0, 0.05) is 11.1 Å². The van der Waals surface area contributed by atoms with Crippen molar-refractivity contribution in [3.05, 3.63) is 151 Å². The van der Waals surface area contributed by atoms with E-state index >= 15 is 0 Å². The Morgan fingerprint density at radius 3 is 1.33 bits per heavy atom. The Labute approximate surface area is 229 Å². The maximum Gasteiger partial charge on any atom is 0.236 e. The van der Waals surface area contributed by atoms with Gasteiger partial charge in [0.15, 0.2) is 19.7 Å². The lowest BCUT2D eigenvalue weighted by molar-refractivity contribution is 1.03.